The van der Waals surface area contributed by atoms with Gasteiger partial charge in [-0.2, -0.15) is 13.2 Å². The molecule has 0 aromatic carbocycles. The molecule has 10 heavy (non-hydrogen) atoms. The molecule has 0 amide bonds. The van der Waals surface area contributed by atoms with Crippen LogP contribution in [0.2, 0.25) is 0 Å². The Morgan fingerprint density at radius 2 is 1.80 bits per heavy atom. The highest BCUT2D eigenvalue weighted by atomic mass is 19.4. The summed E-state index contributed by atoms with van der Waals surface area (Å²) in [5.74, 6) is -1.39. The largest absolute Gasteiger partial charge is 0.393 e. The first-order valence-corrected chi connectivity index (χ1v) is 3.21. The van der Waals surface area contributed by atoms with Crippen molar-refractivity contribution in [1.82, 2.24) is 0 Å². The molecule has 2 atom stereocenters. The van der Waals surface area contributed by atoms with Gasteiger partial charge in [0, 0.05) is 6.04 Å². The molecule has 0 saturated carbocycles. The fraction of sp³-hybridized carbons (Fsp3) is 1.00. The molecule has 0 fully saturated rings. The Morgan fingerprint density at radius 3 is 1.90 bits per heavy atom. The fourth-order valence-corrected chi connectivity index (χ4v) is 0.596. The molecule has 0 rings (SSSR count). The van der Waals surface area contributed by atoms with E-state index in [9.17, 15) is 13.2 Å². The summed E-state index contributed by atoms with van der Waals surface area (Å²) in [5.41, 5.74) is 5.18. The summed E-state index contributed by atoms with van der Waals surface area (Å²) in [6.07, 6.45) is -3.78. The quantitative estimate of drug-likeness (QED) is 0.647. The minimum Gasteiger partial charge on any atom is -0.327 e. The van der Waals surface area contributed by atoms with E-state index >= 15 is 0 Å². The molecular formula is C6H12F3N. The summed E-state index contributed by atoms with van der Waals surface area (Å²) in [7, 11) is 0. The molecule has 4 heteroatoms. The molecule has 0 heterocycles. The van der Waals surface area contributed by atoms with Crippen LogP contribution in [0.25, 0.3) is 0 Å². The van der Waals surface area contributed by atoms with Gasteiger partial charge >= 0.3 is 6.18 Å². The standard InChI is InChI=1S/C6H12F3N/c1-3-5(10)4(2)6(7,8)9/h4-5H,3,10H2,1-2H3/t4?,5-/m1/s1. The van der Waals surface area contributed by atoms with E-state index < -0.39 is 18.1 Å². The van der Waals surface area contributed by atoms with Gasteiger partial charge in [0.2, 0.25) is 0 Å². The molecule has 0 aliphatic carbocycles. The Balaban J connectivity index is 3.94. The van der Waals surface area contributed by atoms with Crippen LogP contribution in [0.5, 0.6) is 0 Å². The third kappa shape index (κ3) is 2.56. The summed E-state index contributed by atoms with van der Waals surface area (Å²) < 4.78 is 35.4. The number of nitrogens with two attached hydrogens (primary N) is 1. The molecule has 1 unspecified atom stereocenters. The van der Waals surface area contributed by atoms with Gasteiger partial charge in [-0.05, 0) is 6.42 Å². The van der Waals surface area contributed by atoms with E-state index in [2.05, 4.69) is 0 Å². The maximum atomic E-state index is 11.8. The highest BCUT2D eigenvalue weighted by Gasteiger charge is 2.38. The lowest BCUT2D eigenvalue weighted by molar-refractivity contribution is -0.174. The topological polar surface area (TPSA) is 26.0 Å². The van der Waals surface area contributed by atoms with Gasteiger partial charge in [0.1, 0.15) is 0 Å². The van der Waals surface area contributed by atoms with Crippen LogP contribution in [-0.4, -0.2) is 12.2 Å². The van der Waals surface area contributed by atoms with Gasteiger partial charge in [-0.15, -0.1) is 0 Å². The van der Waals surface area contributed by atoms with E-state index in [0.29, 0.717) is 6.42 Å². The van der Waals surface area contributed by atoms with Crippen LogP contribution in [0, 0.1) is 5.92 Å². The van der Waals surface area contributed by atoms with Crippen molar-refractivity contribution in [2.75, 3.05) is 0 Å². The molecule has 0 radical (unpaired) electrons. The zero-order valence-corrected chi connectivity index (χ0v) is 6.07. The van der Waals surface area contributed by atoms with Gasteiger partial charge < -0.3 is 5.73 Å². The molecule has 0 bridgehead atoms. The summed E-state index contributed by atoms with van der Waals surface area (Å²) in [6.45, 7) is 2.75. The predicted octanol–water partition coefficient (Wildman–Crippen LogP) is 1.92. The van der Waals surface area contributed by atoms with E-state index in [1.54, 1.807) is 6.92 Å². The fourth-order valence-electron chi connectivity index (χ4n) is 0.596. The maximum Gasteiger partial charge on any atom is 0.393 e. The van der Waals surface area contributed by atoms with Crippen molar-refractivity contribution >= 4 is 0 Å². The Kier molecular flexibility index (Phi) is 3.15. The first-order valence-electron chi connectivity index (χ1n) is 3.21. The second-order valence-corrected chi connectivity index (χ2v) is 2.40. The molecule has 1 nitrogen and oxygen atoms in total. The summed E-state index contributed by atoms with van der Waals surface area (Å²) >= 11 is 0. The van der Waals surface area contributed by atoms with E-state index in [1.165, 1.54) is 0 Å². The Morgan fingerprint density at radius 1 is 1.40 bits per heavy atom. The minimum atomic E-state index is -4.14. The summed E-state index contributed by atoms with van der Waals surface area (Å²) in [4.78, 5) is 0. The van der Waals surface area contributed by atoms with Crippen molar-refractivity contribution in [2.24, 2.45) is 11.7 Å². The number of alkyl halides is 3. The van der Waals surface area contributed by atoms with Crippen LogP contribution in [-0.2, 0) is 0 Å². The van der Waals surface area contributed by atoms with Gasteiger partial charge in [-0.25, -0.2) is 0 Å². The van der Waals surface area contributed by atoms with E-state index in [1.807, 2.05) is 0 Å². The number of halogens is 3. The normalized spacial score (nSPS) is 18.6. The molecule has 0 spiro atoms. The third-order valence-corrected chi connectivity index (χ3v) is 1.63. The van der Waals surface area contributed by atoms with Crippen LogP contribution >= 0.6 is 0 Å². The molecule has 62 valence electrons. The van der Waals surface area contributed by atoms with Crippen molar-refractivity contribution in [3.05, 3.63) is 0 Å². The molecular weight excluding hydrogens is 143 g/mol. The highest BCUT2D eigenvalue weighted by Crippen LogP contribution is 2.28. The molecule has 0 saturated heterocycles. The van der Waals surface area contributed by atoms with E-state index in [0.717, 1.165) is 6.92 Å². The smallest absolute Gasteiger partial charge is 0.327 e. The lowest BCUT2D eigenvalue weighted by Gasteiger charge is -2.20. The van der Waals surface area contributed by atoms with Crippen LogP contribution in [0.1, 0.15) is 20.3 Å². The van der Waals surface area contributed by atoms with Gasteiger partial charge in [-0.1, -0.05) is 13.8 Å². The third-order valence-electron chi connectivity index (χ3n) is 1.63. The zero-order chi connectivity index (χ0) is 8.36. The van der Waals surface area contributed by atoms with Crippen molar-refractivity contribution in [2.45, 2.75) is 32.5 Å². The molecule has 0 aromatic rings. The van der Waals surface area contributed by atoms with Gasteiger partial charge in [-0.3, -0.25) is 0 Å². The molecule has 2 N–H and O–H groups in total. The second-order valence-electron chi connectivity index (χ2n) is 2.40. The SMILES string of the molecule is CC[C@@H](N)C(C)C(F)(F)F. The van der Waals surface area contributed by atoms with Crippen molar-refractivity contribution in [3.8, 4) is 0 Å². The van der Waals surface area contributed by atoms with Crippen LogP contribution < -0.4 is 5.73 Å². The maximum absolute atomic E-state index is 11.8. The van der Waals surface area contributed by atoms with Crippen molar-refractivity contribution in [3.63, 3.8) is 0 Å². The Labute approximate surface area is 58.4 Å². The van der Waals surface area contributed by atoms with Crippen LogP contribution in [0.4, 0.5) is 13.2 Å². The Bertz CT molecular complexity index is 99.7. The number of hydrogen-bond acceptors (Lipinski definition) is 1. The second kappa shape index (κ2) is 3.23. The number of hydrogen-bond donors (Lipinski definition) is 1. The summed E-state index contributed by atoms with van der Waals surface area (Å²) in [6, 6.07) is -0.764. The summed E-state index contributed by atoms with van der Waals surface area (Å²) in [5, 5.41) is 0. The average Bonchev–Trinajstić information content (AvgIpc) is 1.83. The average molecular weight is 155 g/mol. The Hall–Kier alpha value is -0.250. The molecule has 0 aromatic heterocycles. The van der Waals surface area contributed by atoms with Crippen molar-refractivity contribution in [1.29, 1.82) is 0 Å². The highest BCUT2D eigenvalue weighted by molar-refractivity contribution is 4.73. The molecule has 0 aliphatic rings. The lowest BCUT2D eigenvalue weighted by Crippen LogP contribution is -2.37. The first-order chi connectivity index (χ1) is 4.39. The zero-order valence-electron chi connectivity index (χ0n) is 6.07. The van der Waals surface area contributed by atoms with E-state index in [4.69, 9.17) is 5.73 Å². The first kappa shape index (κ1) is 9.75. The van der Waals surface area contributed by atoms with Crippen molar-refractivity contribution < 1.29 is 13.2 Å². The number of rotatable bonds is 2. The van der Waals surface area contributed by atoms with E-state index in [-0.39, 0.29) is 0 Å². The van der Waals surface area contributed by atoms with Crippen LogP contribution in [0.15, 0.2) is 0 Å². The predicted molar refractivity (Wildman–Crippen MR) is 33.5 cm³/mol. The van der Waals surface area contributed by atoms with Gasteiger partial charge in [0.15, 0.2) is 0 Å². The minimum absolute atomic E-state index is 0.362. The van der Waals surface area contributed by atoms with Gasteiger partial charge in [0.25, 0.3) is 0 Å². The monoisotopic (exact) mass is 155 g/mol. The van der Waals surface area contributed by atoms with Gasteiger partial charge in [0.05, 0.1) is 5.92 Å². The van der Waals surface area contributed by atoms with Crippen LogP contribution in [0.3, 0.4) is 0 Å². The lowest BCUT2D eigenvalue weighted by atomic mass is 10.0. The molecule has 0 aliphatic heterocycles.